The molecule has 0 saturated carbocycles. The zero-order valence-corrected chi connectivity index (χ0v) is 10.8. The molecule has 1 N–H and O–H groups in total. The minimum absolute atomic E-state index is 0.692. The summed E-state index contributed by atoms with van der Waals surface area (Å²) in [6.45, 7) is 2.06. The lowest BCUT2D eigenvalue weighted by Gasteiger charge is -1.89. The number of aromatic nitrogens is 3. The van der Waals surface area contributed by atoms with Crippen LogP contribution in [0.4, 0.5) is 0 Å². The highest BCUT2D eigenvalue weighted by atomic mass is 79.9. The molecule has 0 fully saturated rings. The van der Waals surface area contributed by atoms with E-state index >= 15 is 0 Å². The predicted octanol–water partition coefficient (Wildman–Crippen LogP) is 3.54. The van der Waals surface area contributed by atoms with Crippen LogP contribution in [0.1, 0.15) is 12.7 Å². The molecule has 0 unspecified atom stereocenters. The van der Waals surface area contributed by atoms with E-state index in [1.807, 2.05) is 18.2 Å². The van der Waals surface area contributed by atoms with Gasteiger partial charge in [-0.05, 0) is 34.1 Å². The van der Waals surface area contributed by atoms with E-state index in [0.717, 1.165) is 27.9 Å². The number of nitrogens with zero attached hydrogens (tertiary/aromatic N) is 2. The van der Waals surface area contributed by atoms with E-state index < -0.39 is 0 Å². The molecule has 0 amide bonds. The Hall–Kier alpha value is -1.62. The van der Waals surface area contributed by atoms with Crippen molar-refractivity contribution in [1.29, 1.82) is 0 Å². The molecule has 3 aromatic rings. The second-order valence-electron chi connectivity index (χ2n) is 3.73. The monoisotopic (exact) mass is 291 g/mol. The number of furan rings is 1. The molecule has 86 valence electrons. The van der Waals surface area contributed by atoms with Crippen molar-refractivity contribution in [2.45, 2.75) is 13.3 Å². The van der Waals surface area contributed by atoms with E-state index in [4.69, 9.17) is 4.42 Å². The maximum atomic E-state index is 5.65. The quantitative estimate of drug-likeness (QED) is 0.786. The van der Waals surface area contributed by atoms with Gasteiger partial charge >= 0.3 is 0 Å². The molecule has 0 spiro atoms. The van der Waals surface area contributed by atoms with Crippen LogP contribution in [0.3, 0.4) is 0 Å². The molecule has 0 aliphatic carbocycles. The summed E-state index contributed by atoms with van der Waals surface area (Å²) in [4.78, 5) is 11.8. The molecule has 0 bridgehead atoms. The van der Waals surface area contributed by atoms with Gasteiger partial charge in [-0.1, -0.05) is 6.92 Å². The van der Waals surface area contributed by atoms with Gasteiger partial charge in [-0.25, -0.2) is 9.97 Å². The van der Waals surface area contributed by atoms with Crippen LogP contribution >= 0.6 is 15.9 Å². The maximum Gasteiger partial charge on any atom is 0.178 e. The van der Waals surface area contributed by atoms with Gasteiger partial charge in [-0.3, -0.25) is 0 Å². The van der Waals surface area contributed by atoms with Crippen molar-refractivity contribution >= 4 is 27.1 Å². The van der Waals surface area contributed by atoms with E-state index in [9.17, 15) is 0 Å². The predicted molar refractivity (Wildman–Crippen MR) is 68.7 cm³/mol. The number of fused-ring (bicyclic) bond motifs is 1. The smallest absolute Gasteiger partial charge is 0.178 e. The molecule has 17 heavy (non-hydrogen) atoms. The number of hydrogen-bond acceptors (Lipinski definition) is 3. The molecule has 0 aliphatic heterocycles. The molecule has 0 aliphatic rings. The Bertz CT molecular complexity index is 671. The number of nitrogens with one attached hydrogen (secondary N) is 1. The average molecular weight is 292 g/mol. The Morgan fingerprint density at radius 2 is 2.29 bits per heavy atom. The first-order chi connectivity index (χ1) is 8.26. The number of halogens is 1. The highest BCUT2D eigenvalue weighted by Crippen LogP contribution is 2.23. The van der Waals surface area contributed by atoms with E-state index in [0.29, 0.717) is 11.5 Å². The molecule has 4 nitrogen and oxygen atoms in total. The molecule has 0 saturated heterocycles. The van der Waals surface area contributed by atoms with Gasteiger partial charge in [0.15, 0.2) is 17.2 Å². The number of H-pyrrole nitrogens is 1. The second kappa shape index (κ2) is 4.00. The van der Waals surface area contributed by atoms with E-state index in [2.05, 4.69) is 37.8 Å². The fraction of sp³-hybridized carbons (Fsp3) is 0.167. The summed E-state index contributed by atoms with van der Waals surface area (Å²) in [6, 6.07) is 5.83. The van der Waals surface area contributed by atoms with E-state index in [1.165, 1.54) is 0 Å². The number of pyridine rings is 1. The lowest BCUT2D eigenvalue weighted by molar-refractivity contribution is 0.526. The minimum Gasteiger partial charge on any atom is -0.458 e. The van der Waals surface area contributed by atoms with E-state index in [1.54, 1.807) is 6.20 Å². The zero-order valence-electron chi connectivity index (χ0n) is 9.20. The zero-order chi connectivity index (χ0) is 11.8. The number of aromatic amines is 1. The van der Waals surface area contributed by atoms with Crippen molar-refractivity contribution in [2.75, 3.05) is 0 Å². The van der Waals surface area contributed by atoms with Crippen molar-refractivity contribution in [2.24, 2.45) is 0 Å². The first-order valence-electron chi connectivity index (χ1n) is 5.36. The third kappa shape index (κ3) is 1.86. The van der Waals surface area contributed by atoms with Crippen LogP contribution in [0.25, 0.3) is 22.7 Å². The Morgan fingerprint density at radius 3 is 3.06 bits per heavy atom. The number of imidazole rings is 1. The largest absolute Gasteiger partial charge is 0.458 e. The van der Waals surface area contributed by atoms with Gasteiger partial charge in [-0.2, -0.15) is 0 Å². The van der Waals surface area contributed by atoms with Gasteiger partial charge in [0, 0.05) is 17.1 Å². The topological polar surface area (TPSA) is 54.7 Å². The Balaban J connectivity index is 2.11. The third-order valence-electron chi connectivity index (χ3n) is 2.55. The summed E-state index contributed by atoms with van der Waals surface area (Å²) in [5.41, 5.74) is 1.58. The molecule has 5 heteroatoms. The highest BCUT2D eigenvalue weighted by molar-refractivity contribution is 9.10. The first kappa shape index (κ1) is 10.5. The summed E-state index contributed by atoms with van der Waals surface area (Å²) < 4.78 is 6.57. The standard InChI is InChI=1S/C12H10BrN3O/c1-2-8-3-4-10(17-8)12-15-9-5-7(13)6-14-11(9)16-12/h3-6H,2H2,1H3,(H,14,15,16). The molecule has 0 radical (unpaired) electrons. The maximum absolute atomic E-state index is 5.65. The van der Waals surface area contributed by atoms with Crippen molar-refractivity contribution in [1.82, 2.24) is 15.0 Å². The summed E-state index contributed by atoms with van der Waals surface area (Å²) in [5.74, 6) is 2.41. The lowest BCUT2D eigenvalue weighted by atomic mass is 10.3. The molecule has 3 heterocycles. The Morgan fingerprint density at radius 1 is 1.41 bits per heavy atom. The van der Waals surface area contributed by atoms with Crippen LogP contribution in [0, 0.1) is 0 Å². The summed E-state index contributed by atoms with van der Waals surface area (Å²) in [7, 11) is 0. The van der Waals surface area contributed by atoms with Crippen LogP contribution < -0.4 is 0 Å². The van der Waals surface area contributed by atoms with Gasteiger partial charge < -0.3 is 9.40 Å². The van der Waals surface area contributed by atoms with Crippen molar-refractivity contribution in [3.63, 3.8) is 0 Å². The molecule has 3 aromatic heterocycles. The fourth-order valence-electron chi connectivity index (χ4n) is 1.69. The number of hydrogen-bond donors (Lipinski definition) is 1. The van der Waals surface area contributed by atoms with Gasteiger partial charge in [0.25, 0.3) is 0 Å². The normalized spacial score (nSPS) is 11.2. The van der Waals surface area contributed by atoms with Crippen LogP contribution in [0.5, 0.6) is 0 Å². The first-order valence-corrected chi connectivity index (χ1v) is 6.16. The molecule has 0 atom stereocenters. The van der Waals surface area contributed by atoms with Crippen molar-refractivity contribution < 1.29 is 4.42 Å². The SMILES string of the molecule is CCc1ccc(-c2nc3ncc(Br)cc3[nH]2)o1. The van der Waals surface area contributed by atoms with Crippen LogP contribution in [0.15, 0.2) is 33.3 Å². The second-order valence-corrected chi connectivity index (χ2v) is 4.65. The average Bonchev–Trinajstić information content (AvgIpc) is 2.93. The van der Waals surface area contributed by atoms with Crippen molar-refractivity contribution in [3.8, 4) is 11.6 Å². The fourth-order valence-corrected chi connectivity index (χ4v) is 2.02. The van der Waals surface area contributed by atoms with Crippen molar-refractivity contribution in [3.05, 3.63) is 34.6 Å². The van der Waals surface area contributed by atoms with Crippen LogP contribution in [-0.2, 0) is 6.42 Å². The Labute approximate surface area is 106 Å². The van der Waals surface area contributed by atoms with E-state index in [-0.39, 0.29) is 0 Å². The van der Waals surface area contributed by atoms with Crippen LogP contribution in [0.2, 0.25) is 0 Å². The van der Waals surface area contributed by atoms with Gasteiger partial charge in [0.1, 0.15) is 5.76 Å². The van der Waals surface area contributed by atoms with Gasteiger partial charge in [0.2, 0.25) is 0 Å². The number of aryl methyl sites for hydroxylation is 1. The van der Waals surface area contributed by atoms with Gasteiger partial charge in [0.05, 0.1) is 5.52 Å². The molecular formula is C12H10BrN3O. The molecular weight excluding hydrogens is 282 g/mol. The third-order valence-corrected chi connectivity index (χ3v) is 2.98. The number of rotatable bonds is 2. The lowest BCUT2D eigenvalue weighted by Crippen LogP contribution is -1.76. The minimum atomic E-state index is 0.692. The summed E-state index contributed by atoms with van der Waals surface area (Å²) in [6.07, 6.45) is 2.61. The molecule has 3 rings (SSSR count). The Kier molecular flexibility index (Phi) is 2.48. The highest BCUT2D eigenvalue weighted by Gasteiger charge is 2.10. The summed E-state index contributed by atoms with van der Waals surface area (Å²) >= 11 is 3.38. The molecule has 0 aromatic carbocycles. The van der Waals surface area contributed by atoms with Crippen LogP contribution in [-0.4, -0.2) is 15.0 Å². The van der Waals surface area contributed by atoms with Gasteiger partial charge in [-0.15, -0.1) is 0 Å². The summed E-state index contributed by atoms with van der Waals surface area (Å²) in [5, 5.41) is 0.